The number of aliphatic hydroxyl groups is 1. The van der Waals surface area contributed by atoms with Crippen LogP contribution in [0.4, 0.5) is 0 Å². The fourth-order valence-electron chi connectivity index (χ4n) is 2.70. The molecule has 2 heteroatoms. The summed E-state index contributed by atoms with van der Waals surface area (Å²) in [6.45, 7) is 9.77. The Labute approximate surface area is 109 Å². The summed E-state index contributed by atoms with van der Waals surface area (Å²) < 4.78 is 0. The number of ketones is 1. The number of rotatable bonds is 2. The van der Waals surface area contributed by atoms with Crippen molar-refractivity contribution in [2.45, 2.75) is 52.1 Å². The van der Waals surface area contributed by atoms with Crippen LogP contribution < -0.4 is 0 Å². The van der Waals surface area contributed by atoms with E-state index in [1.807, 2.05) is 18.2 Å². The lowest BCUT2D eigenvalue weighted by molar-refractivity contribution is 0.0488. The molecule has 0 fully saturated rings. The van der Waals surface area contributed by atoms with E-state index < -0.39 is 5.60 Å². The third-order valence-corrected chi connectivity index (χ3v) is 4.38. The van der Waals surface area contributed by atoms with Gasteiger partial charge in [0.2, 0.25) is 0 Å². The zero-order chi connectivity index (χ0) is 13.7. The Morgan fingerprint density at radius 1 is 1.39 bits per heavy atom. The van der Waals surface area contributed by atoms with Crippen molar-refractivity contribution in [3.05, 3.63) is 34.9 Å². The van der Waals surface area contributed by atoms with Crippen LogP contribution in [0.15, 0.2) is 18.2 Å². The van der Waals surface area contributed by atoms with E-state index >= 15 is 0 Å². The van der Waals surface area contributed by atoms with Crippen LogP contribution in [0.2, 0.25) is 0 Å². The van der Waals surface area contributed by atoms with E-state index in [1.165, 1.54) is 25.0 Å². The molecule has 1 atom stereocenters. The predicted octanol–water partition coefficient (Wildman–Crippen LogP) is 3.11. The van der Waals surface area contributed by atoms with Crippen molar-refractivity contribution in [3.63, 3.8) is 0 Å². The Morgan fingerprint density at radius 2 is 2.00 bits per heavy atom. The summed E-state index contributed by atoms with van der Waals surface area (Å²) in [5, 5.41) is 9.82. The molecule has 2 rings (SSSR count). The number of fused-ring (bicyclic) bond motifs is 1. The Hall–Kier alpha value is -1.15. The molecule has 1 aromatic carbocycles. The zero-order valence-electron chi connectivity index (χ0n) is 11.9. The number of hydrogen-bond donors (Lipinski definition) is 1. The molecule has 0 amide bonds. The van der Waals surface area contributed by atoms with Crippen LogP contribution in [0.1, 0.15) is 56.1 Å². The van der Waals surface area contributed by atoms with Crippen molar-refractivity contribution in [2.24, 2.45) is 5.92 Å². The molecule has 0 saturated carbocycles. The van der Waals surface area contributed by atoms with E-state index in [2.05, 4.69) is 20.8 Å². The van der Waals surface area contributed by atoms with Crippen LogP contribution in [0.5, 0.6) is 0 Å². The van der Waals surface area contributed by atoms with Gasteiger partial charge in [-0.2, -0.15) is 0 Å². The highest BCUT2D eigenvalue weighted by Gasteiger charge is 2.37. The van der Waals surface area contributed by atoms with Gasteiger partial charge in [-0.15, -0.1) is 0 Å². The molecule has 0 radical (unpaired) electrons. The monoisotopic (exact) mass is 246 g/mol. The maximum Gasteiger partial charge on any atom is 0.193 e. The van der Waals surface area contributed by atoms with Gasteiger partial charge < -0.3 is 5.11 Å². The summed E-state index contributed by atoms with van der Waals surface area (Å²) in [6.07, 6.45) is 1.07. The number of carbonyl (C=O) groups is 1. The van der Waals surface area contributed by atoms with E-state index in [0.29, 0.717) is 11.5 Å². The minimum Gasteiger partial charge on any atom is -0.382 e. The topological polar surface area (TPSA) is 37.3 Å². The first kappa shape index (κ1) is 13.3. The lowest BCUT2D eigenvalue weighted by Gasteiger charge is -2.25. The third kappa shape index (κ3) is 1.99. The lowest BCUT2D eigenvalue weighted by Crippen LogP contribution is -2.31. The van der Waals surface area contributed by atoms with Crippen LogP contribution in [-0.4, -0.2) is 16.5 Å². The van der Waals surface area contributed by atoms with Gasteiger partial charge >= 0.3 is 0 Å². The molecule has 0 aromatic heterocycles. The number of carbonyl (C=O) groups excluding carboxylic acids is 1. The van der Waals surface area contributed by atoms with Gasteiger partial charge in [-0.25, -0.2) is 0 Å². The SMILES string of the molecule is CC1Cc2ccc(C(=O)C(C)(C)O)cc2C1(C)C. The van der Waals surface area contributed by atoms with Gasteiger partial charge in [0.15, 0.2) is 5.78 Å². The quantitative estimate of drug-likeness (QED) is 0.814. The summed E-state index contributed by atoms with van der Waals surface area (Å²) in [6, 6.07) is 5.85. The van der Waals surface area contributed by atoms with Crippen LogP contribution >= 0.6 is 0 Å². The van der Waals surface area contributed by atoms with Gasteiger partial charge in [0.25, 0.3) is 0 Å². The highest BCUT2D eigenvalue weighted by molar-refractivity contribution is 6.02. The van der Waals surface area contributed by atoms with Crippen LogP contribution in [-0.2, 0) is 11.8 Å². The lowest BCUT2D eigenvalue weighted by atomic mass is 9.79. The van der Waals surface area contributed by atoms with E-state index in [0.717, 1.165) is 6.42 Å². The second kappa shape index (κ2) is 3.92. The first-order valence-electron chi connectivity index (χ1n) is 6.54. The zero-order valence-corrected chi connectivity index (χ0v) is 11.9. The van der Waals surface area contributed by atoms with Gasteiger partial charge in [0.05, 0.1) is 0 Å². The molecule has 18 heavy (non-hydrogen) atoms. The van der Waals surface area contributed by atoms with Gasteiger partial charge in [0, 0.05) is 5.56 Å². The number of hydrogen-bond acceptors (Lipinski definition) is 2. The summed E-state index contributed by atoms with van der Waals surface area (Å²) in [5.41, 5.74) is 2.00. The first-order valence-corrected chi connectivity index (χ1v) is 6.54. The highest BCUT2D eigenvalue weighted by atomic mass is 16.3. The highest BCUT2D eigenvalue weighted by Crippen LogP contribution is 2.43. The minimum atomic E-state index is -1.30. The van der Waals surface area contributed by atoms with E-state index in [1.54, 1.807) is 0 Å². The normalized spacial score (nSPS) is 21.8. The summed E-state index contributed by atoms with van der Waals surface area (Å²) in [4.78, 5) is 12.1. The van der Waals surface area contributed by atoms with Gasteiger partial charge in [-0.1, -0.05) is 32.9 Å². The molecule has 0 aliphatic heterocycles. The van der Waals surface area contributed by atoms with Gasteiger partial charge in [-0.05, 0) is 48.8 Å². The molecule has 1 N–H and O–H groups in total. The molecule has 1 aliphatic rings. The standard InChI is InChI=1S/C16H22O2/c1-10-8-11-6-7-12(14(17)16(4,5)18)9-13(11)15(10,2)3/h6-7,9-10,18H,8H2,1-5H3. The Morgan fingerprint density at radius 3 is 2.56 bits per heavy atom. The molecular weight excluding hydrogens is 224 g/mol. The average molecular weight is 246 g/mol. The molecule has 1 unspecified atom stereocenters. The van der Waals surface area contributed by atoms with Crippen molar-refractivity contribution in [1.29, 1.82) is 0 Å². The second-order valence-electron chi connectivity index (χ2n) is 6.59. The largest absolute Gasteiger partial charge is 0.382 e. The number of Topliss-reactive ketones (excluding diaryl/α,β-unsaturated/α-hetero) is 1. The Bertz CT molecular complexity index is 492. The van der Waals surface area contributed by atoms with Crippen LogP contribution in [0.25, 0.3) is 0 Å². The van der Waals surface area contributed by atoms with Crippen LogP contribution in [0.3, 0.4) is 0 Å². The summed E-state index contributed by atoms with van der Waals surface area (Å²) >= 11 is 0. The molecule has 1 aliphatic carbocycles. The van der Waals surface area contributed by atoms with E-state index in [-0.39, 0.29) is 11.2 Å². The summed E-state index contributed by atoms with van der Waals surface area (Å²) in [7, 11) is 0. The van der Waals surface area contributed by atoms with Gasteiger partial charge in [-0.3, -0.25) is 4.79 Å². The second-order valence-corrected chi connectivity index (χ2v) is 6.59. The van der Waals surface area contributed by atoms with Crippen LogP contribution in [0, 0.1) is 5.92 Å². The Kier molecular flexibility index (Phi) is 2.90. The molecule has 0 saturated heterocycles. The third-order valence-electron chi connectivity index (χ3n) is 4.38. The average Bonchev–Trinajstić information content (AvgIpc) is 2.48. The molecular formula is C16H22O2. The van der Waals surface area contributed by atoms with E-state index in [9.17, 15) is 9.90 Å². The molecule has 0 bridgehead atoms. The molecule has 98 valence electrons. The fourth-order valence-corrected chi connectivity index (χ4v) is 2.70. The van der Waals surface area contributed by atoms with Crippen molar-refractivity contribution >= 4 is 5.78 Å². The number of benzene rings is 1. The van der Waals surface area contributed by atoms with E-state index in [4.69, 9.17) is 0 Å². The van der Waals surface area contributed by atoms with Crippen molar-refractivity contribution < 1.29 is 9.90 Å². The molecule has 0 spiro atoms. The van der Waals surface area contributed by atoms with Crippen molar-refractivity contribution in [1.82, 2.24) is 0 Å². The van der Waals surface area contributed by atoms with Crippen molar-refractivity contribution in [2.75, 3.05) is 0 Å². The van der Waals surface area contributed by atoms with Gasteiger partial charge in [0.1, 0.15) is 5.60 Å². The predicted molar refractivity (Wildman–Crippen MR) is 73.0 cm³/mol. The van der Waals surface area contributed by atoms with Crippen molar-refractivity contribution in [3.8, 4) is 0 Å². The fraction of sp³-hybridized carbons (Fsp3) is 0.562. The molecule has 0 heterocycles. The smallest absolute Gasteiger partial charge is 0.193 e. The molecule has 2 nitrogen and oxygen atoms in total. The minimum absolute atomic E-state index is 0.102. The maximum atomic E-state index is 12.1. The first-order chi connectivity index (χ1) is 8.14. The summed E-state index contributed by atoms with van der Waals surface area (Å²) in [5.74, 6) is 0.376. The molecule has 1 aromatic rings. The Balaban J connectivity index is 2.47. The maximum absolute atomic E-state index is 12.1.